The maximum Gasteiger partial charge on any atom is 0.339 e. The number of furan rings is 1. The lowest BCUT2D eigenvalue weighted by molar-refractivity contribution is 0.0599. The molecule has 3 rings (SSSR count). The van der Waals surface area contributed by atoms with Gasteiger partial charge in [0.05, 0.1) is 29.9 Å². The number of aromatic nitrogens is 4. The Hall–Kier alpha value is -2.81. The number of esters is 1. The fraction of sp³-hybridized carbons (Fsp3) is 0.333. The number of hydrogen-bond donors (Lipinski definition) is 1. The first kappa shape index (κ1) is 19.0. The van der Waals surface area contributed by atoms with Crippen LogP contribution in [0.2, 0.25) is 0 Å². The summed E-state index contributed by atoms with van der Waals surface area (Å²) in [6.45, 7) is 5.27. The standard InChI is InChI=1S/C18H20N4O4S/c1-9-13(17(24)25-5)10(2)19-14(9)15(23)11(3)27-18-21-20-16(22(18)4)12-7-6-8-26-12/h6-8,11,19H,1-5H3. The number of nitrogens with one attached hydrogen (secondary N) is 1. The smallest absolute Gasteiger partial charge is 0.339 e. The third kappa shape index (κ3) is 3.42. The van der Waals surface area contributed by atoms with Crippen molar-refractivity contribution in [1.29, 1.82) is 0 Å². The molecule has 3 heterocycles. The minimum Gasteiger partial charge on any atom is -0.465 e. The number of Topliss-reactive ketones (excluding diaryl/α,β-unsaturated/α-hetero) is 1. The normalized spacial score (nSPS) is 12.2. The summed E-state index contributed by atoms with van der Waals surface area (Å²) in [6, 6.07) is 3.57. The van der Waals surface area contributed by atoms with Crippen molar-refractivity contribution < 1.29 is 18.7 Å². The number of nitrogens with zero attached hydrogens (tertiary/aromatic N) is 3. The van der Waals surface area contributed by atoms with Crippen LogP contribution in [0.15, 0.2) is 28.0 Å². The molecule has 0 fully saturated rings. The maximum absolute atomic E-state index is 12.9. The lowest BCUT2D eigenvalue weighted by Gasteiger charge is -2.09. The molecule has 3 aromatic rings. The highest BCUT2D eigenvalue weighted by Crippen LogP contribution is 2.29. The van der Waals surface area contributed by atoms with E-state index in [0.29, 0.717) is 39.3 Å². The molecule has 1 atom stereocenters. The van der Waals surface area contributed by atoms with Gasteiger partial charge in [0.2, 0.25) is 0 Å². The number of rotatable bonds is 6. The second-order valence-electron chi connectivity index (χ2n) is 6.08. The monoisotopic (exact) mass is 388 g/mol. The van der Waals surface area contributed by atoms with Crippen molar-refractivity contribution >= 4 is 23.5 Å². The van der Waals surface area contributed by atoms with Crippen molar-refractivity contribution in [3.8, 4) is 11.6 Å². The number of aromatic amines is 1. The molecule has 1 N–H and O–H groups in total. The van der Waals surface area contributed by atoms with Gasteiger partial charge in [0.25, 0.3) is 0 Å². The first-order chi connectivity index (χ1) is 12.8. The van der Waals surface area contributed by atoms with E-state index in [4.69, 9.17) is 9.15 Å². The van der Waals surface area contributed by atoms with Gasteiger partial charge in [0, 0.05) is 12.7 Å². The van der Waals surface area contributed by atoms with E-state index in [1.807, 2.05) is 7.05 Å². The third-order valence-corrected chi connectivity index (χ3v) is 5.44. The summed E-state index contributed by atoms with van der Waals surface area (Å²) in [5, 5.41) is 8.45. The fourth-order valence-electron chi connectivity index (χ4n) is 2.86. The zero-order chi connectivity index (χ0) is 19.7. The Morgan fingerprint density at radius 2 is 2.07 bits per heavy atom. The average molecular weight is 388 g/mol. The van der Waals surface area contributed by atoms with Gasteiger partial charge in [0.1, 0.15) is 0 Å². The first-order valence-corrected chi connectivity index (χ1v) is 9.14. The number of methoxy groups -OCH3 is 1. The average Bonchev–Trinajstić information content (AvgIpc) is 3.35. The van der Waals surface area contributed by atoms with E-state index in [2.05, 4.69) is 15.2 Å². The Balaban J connectivity index is 1.82. The van der Waals surface area contributed by atoms with E-state index in [1.54, 1.807) is 43.7 Å². The highest BCUT2D eigenvalue weighted by atomic mass is 32.2. The molecule has 0 aliphatic carbocycles. The van der Waals surface area contributed by atoms with Crippen molar-refractivity contribution in [2.75, 3.05) is 7.11 Å². The Bertz CT molecular complexity index is 988. The molecule has 142 valence electrons. The van der Waals surface area contributed by atoms with Crippen molar-refractivity contribution in [3.63, 3.8) is 0 Å². The van der Waals surface area contributed by atoms with Crippen LogP contribution in [0, 0.1) is 13.8 Å². The Kier molecular flexibility index (Phi) is 5.22. The number of hydrogen-bond acceptors (Lipinski definition) is 7. The van der Waals surface area contributed by atoms with Crippen molar-refractivity contribution in [3.05, 3.63) is 40.9 Å². The van der Waals surface area contributed by atoms with Gasteiger partial charge in [-0.2, -0.15) is 0 Å². The second kappa shape index (κ2) is 7.43. The van der Waals surface area contributed by atoms with Gasteiger partial charge in [-0.05, 0) is 38.5 Å². The van der Waals surface area contributed by atoms with Crippen molar-refractivity contribution in [2.24, 2.45) is 7.05 Å². The number of carbonyl (C=O) groups excluding carboxylic acids is 2. The van der Waals surface area contributed by atoms with Gasteiger partial charge >= 0.3 is 5.97 Å². The summed E-state index contributed by atoms with van der Waals surface area (Å²) in [5.74, 6) is 0.603. The molecule has 8 nitrogen and oxygen atoms in total. The quantitative estimate of drug-likeness (QED) is 0.393. The molecule has 0 spiro atoms. The summed E-state index contributed by atoms with van der Waals surface area (Å²) in [5.41, 5.74) is 2.00. The molecule has 0 saturated carbocycles. The van der Waals surface area contributed by atoms with Crippen LogP contribution in [0.3, 0.4) is 0 Å². The molecule has 27 heavy (non-hydrogen) atoms. The van der Waals surface area contributed by atoms with Gasteiger partial charge < -0.3 is 18.7 Å². The minimum atomic E-state index is -0.461. The highest BCUT2D eigenvalue weighted by molar-refractivity contribution is 8.00. The molecular weight excluding hydrogens is 368 g/mol. The summed E-state index contributed by atoms with van der Waals surface area (Å²) in [4.78, 5) is 27.9. The Morgan fingerprint density at radius 3 is 2.70 bits per heavy atom. The zero-order valence-corrected chi connectivity index (χ0v) is 16.5. The maximum atomic E-state index is 12.9. The van der Waals surface area contributed by atoms with Crippen LogP contribution in [0.4, 0.5) is 0 Å². The highest BCUT2D eigenvalue weighted by Gasteiger charge is 2.27. The van der Waals surface area contributed by atoms with Gasteiger partial charge in [-0.15, -0.1) is 10.2 Å². The molecule has 0 aliphatic rings. The van der Waals surface area contributed by atoms with Crippen LogP contribution in [0.1, 0.15) is 39.0 Å². The molecule has 3 aromatic heterocycles. The van der Waals surface area contributed by atoms with Crippen LogP contribution >= 0.6 is 11.8 Å². The number of thioether (sulfide) groups is 1. The van der Waals surface area contributed by atoms with Crippen LogP contribution in [-0.2, 0) is 11.8 Å². The van der Waals surface area contributed by atoms with Crippen LogP contribution < -0.4 is 0 Å². The van der Waals surface area contributed by atoms with Gasteiger partial charge in [-0.3, -0.25) is 4.79 Å². The SMILES string of the molecule is COC(=O)c1c(C)[nH]c(C(=O)C(C)Sc2nnc(-c3ccco3)n2C)c1C. The van der Waals surface area contributed by atoms with E-state index in [-0.39, 0.29) is 5.78 Å². The molecular formula is C18H20N4O4S. The Morgan fingerprint density at radius 1 is 1.33 bits per heavy atom. The van der Waals surface area contributed by atoms with Crippen molar-refractivity contribution in [2.45, 2.75) is 31.2 Å². The van der Waals surface area contributed by atoms with E-state index in [9.17, 15) is 9.59 Å². The van der Waals surface area contributed by atoms with Gasteiger partial charge in [-0.1, -0.05) is 11.8 Å². The van der Waals surface area contributed by atoms with E-state index in [0.717, 1.165) is 0 Å². The van der Waals surface area contributed by atoms with Gasteiger partial charge in [-0.25, -0.2) is 4.79 Å². The largest absolute Gasteiger partial charge is 0.465 e. The summed E-state index contributed by atoms with van der Waals surface area (Å²) >= 11 is 1.29. The molecule has 0 saturated heterocycles. The summed E-state index contributed by atoms with van der Waals surface area (Å²) in [7, 11) is 3.13. The fourth-order valence-corrected chi connectivity index (χ4v) is 3.73. The van der Waals surface area contributed by atoms with E-state index in [1.165, 1.54) is 18.9 Å². The molecule has 1 unspecified atom stereocenters. The topological polar surface area (TPSA) is 103 Å². The predicted octanol–water partition coefficient (Wildman–Crippen LogP) is 3.17. The predicted molar refractivity (Wildman–Crippen MR) is 100.0 cm³/mol. The first-order valence-electron chi connectivity index (χ1n) is 8.26. The number of aryl methyl sites for hydroxylation is 1. The third-order valence-electron chi connectivity index (χ3n) is 4.30. The summed E-state index contributed by atoms with van der Waals surface area (Å²) in [6.07, 6.45) is 1.57. The number of H-pyrrole nitrogens is 1. The molecule has 0 aromatic carbocycles. The van der Waals surface area contributed by atoms with Gasteiger partial charge in [0.15, 0.2) is 22.5 Å². The summed E-state index contributed by atoms with van der Waals surface area (Å²) < 4.78 is 11.9. The van der Waals surface area contributed by atoms with Crippen molar-refractivity contribution in [1.82, 2.24) is 19.7 Å². The lowest BCUT2D eigenvalue weighted by Crippen LogP contribution is -2.16. The van der Waals surface area contributed by atoms with Crippen LogP contribution in [0.5, 0.6) is 0 Å². The zero-order valence-electron chi connectivity index (χ0n) is 15.7. The number of carbonyl (C=O) groups is 2. The molecule has 0 bridgehead atoms. The van der Waals surface area contributed by atoms with Crippen LogP contribution in [-0.4, -0.2) is 43.9 Å². The molecule has 9 heteroatoms. The lowest BCUT2D eigenvalue weighted by atomic mass is 10.1. The molecule has 0 aliphatic heterocycles. The minimum absolute atomic E-state index is 0.127. The van der Waals surface area contributed by atoms with Crippen LogP contribution in [0.25, 0.3) is 11.6 Å². The van der Waals surface area contributed by atoms with E-state index >= 15 is 0 Å². The Labute approximate surface area is 160 Å². The number of ether oxygens (including phenoxy) is 1. The second-order valence-corrected chi connectivity index (χ2v) is 7.39. The molecule has 0 amide bonds. The number of ketones is 1. The van der Waals surface area contributed by atoms with E-state index < -0.39 is 11.2 Å². The molecule has 0 radical (unpaired) electrons.